The van der Waals surface area contributed by atoms with Gasteiger partial charge in [0.2, 0.25) is 0 Å². The minimum absolute atomic E-state index is 0. The summed E-state index contributed by atoms with van der Waals surface area (Å²) >= 11 is 9.72. The van der Waals surface area contributed by atoms with Gasteiger partial charge in [-0.25, -0.2) is 0 Å². The molecule has 2 bridgehead atoms. The number of thiocarbonyl (C=S) groups is 1. The second-order valence-electron chi connectivity index (χ2n) is 5.06. The van der Waals surface area contributed by atoms with Crippen LogP contribution in [0.3, 0.4) is 0 Å². The molecular formula is C11H15KOS2. The Morgan fingerprint density at radius 2 is 1.87 bits per heavy atom. The molecule has 0 aromatic rings. The fraction of sp³-hybridized carbons (Fsp3) is 0.909. The van der Waals surface area contributed by atoms with Gasteiger partial charge in [-0.1, -0.05) is 6.42 Å². The summed E-state index contributed by atoms with van der Waals surface area (Å²) in [6, 6.07) is 0. The molecule has 0 saturated heterocycles. The van der Waals surface area contributed by atoms with Crippen LogP contribution in [0.2, 0.25) is 0 Å². The van der Waals surface area contributed by atoms with Gasteiger partial charge in [0.1, 0.15) is 0 Å². The Labute approximate surface area is 145 Å². The largest absolute Gasteiger partial charge is 1.00 e. The van der Waals surface area contributed by atoms with Crippen molar-refractivity contribution >= 4 is 29.2 Å². The fourth-order valence-corrected chi connectivity index (χ4v) is 4.51. The predicted molar refractivity (Wildman–Crippen MR) is 61.9 cm³/mol. The van der Waals surface area contributed by atoms with Gasteiger partial charge in [-0.3, -0.25) is 0 Å². The molecule has 0 N–H and O–H groups in total. The first-order valence-corrected chi connectivity index (χ1v) is 6.45. The van der Waals surface area contributed by atoms with Crippen molar-refractivity contribution in [3.63, 3.8) is 0 Å². The molecule has 0 amide bonds. The van der Waals surface area contributed by atoms with Crippen molar-refractivity contribution in [1.29, 1.82) is 0 Å². The maximum Gasteiger partial charge on any atom is 1.00 e. The van der Waals surface area contributed by atoms with Crippen LogP contribution in [-0.4, -0.2) is 10.5 Å². The quantitative estimate of drug-likeness (QED) is 0.365. The van der Waals surface area contributed by atoms with E-state index in [1.807, 2.05) is 0 Å². The monoisotopic (exact) mass is 266 g/mol. The first kappa shape index (κ1) is 13.2. The molecule has 3 fully saturated rings. The van der Waals surface area contributed by atoms with Crippen molar-refractivity contribution in [2.24, 2.45) is 23.7 Å². The smallest absolute Gasteiger partial charge is 0.510 e. The molecule has 0 heterocycles. The van der Waals surface area contributed by atoms with E-state index in [0.29, 0.717) is 10.5 Å². The zero-order valence-corrected chi connectivity index (χ0v) is 13.9. The average Bonchev–Trinajstić information content (AvgIpc) is 2.68. The van der Waals surface area contributed by atoms with E-state index < -0.39 is 0 Å². The Kier molecular flexibility index (Phi) is 4.54. The van der Waals surface area contributed by atoms with Crippen LogP contribution in [0, 0.1) is 23.7 Å². The Bertz CT molecular complexity index is 271. The van der Waals surface area contributed by atoms with E-state index >= 15 is 0 Å². The fourth-order valence-electron chi connectivity index (χ4n) is 4.26. The summed E-state index contributed by atoms with van der Waals surface area (Å²) in [4.78, 5) is 0. The number of hydrogen-bond acceptors (Lipinski definition) is 3. The maximum absolute atomic E-state index is 5.60. The van der Waals surface area contributed by atoms with Crippen molar-refractivity contribution in [2.75, 3.05) is 0 Å². The van der Waals surface area contributed by atoms with Crippen molar-refractivity contribution in [1.82, 2.24) is 0 Å². The summed E-state index contributed by atoms with van der Waals surface area (Å²) < 4.78 is 5.93. The number of rotatable bonds is 1. The van der Waals surface area contributed by atoms with E-state index in [4.69, 9.17) is 29.6 Å². The molecule has 5 atom stereocenters. The van der Waals surface area contributed by atoms with Gasteiger partial charge in [0.05, 0.1) is 6.10 Å². The van der Waals surface area contributed by atoms with E-state index in [9.17, 15) is 0 Å². The number of hydrogen-bond donors (Lipinski definition) is 0. The van der Waals surface area contributed by atoms with Gasteiger partial charge in [-0.2, -0.15) is 0 Å². The summed E-state index contributed by atoms with van der Waals surface area (Å²) in [5.74, 6) is 3.69. The Morgan fingerprint density at radius 1 is 1.13 bits per heavy atom. The van der Waals surface area contributed by atoms with Crippen LogP contribution >= 0.6 is 12.2 Å². The van der Waals surface area contributed by atoms with Crippen molar-refractivity contribution in [3.8, 4) is 0 Å². The molecule has 3 aliphatic carbocycles. The third kappa shape index (κ3) is 2.33. The minimum atomic E-state index is 0. The van der Waals surface area contributed by atoms with Crippen LogP contribution in [0.25, 0.3) is 0 Å². The average molecular weight is 266 g/mol. The van der Waals surface area contributed by atoms with E-state index in [1.54, 1.807) is 0 Å². The van der Waals surface area contributed by atoms with Crippen LogP contribution in [0.5, 0.6) is 0 Å². The normalized spacial score (nSPS) is 46.0. The zero-order chi connectivity index (χ0) is 9.71. The van der Waals surface area contributed by atoms with Gasteiger partial charge >= 0.3 is 51.4 Å². The first-order valence-electron chi connectivity index (χ1n) is 5.63. The van der Waals surface area contributed by atoms with Gasteiger partial charge < -0.3 is 29.6 Å². The molecule has 15 heavy (non-hydrogen) atoms. The summed E-state index contributed by atoms with van der Waals surface area (Å²) in [5.41, 5.74) is 0. The number of fused-ring (bicyclic) bond motifs is 5. The molecule has 4 heteroatoms. The Hall–Kier alpha value is 1.75. The minimum Gasteiger partial charge on any atom is -0.510 e. The number of ether oxygens (including phenoxy) is 1. The molecule has 3 rings (SSSR count). The summed E-state index contributed by atoms with van der Waals surface area (Å²) in [6.07, 6.45) is 7.32. The molecule has 3 aliphatic rings. The Morgan fingerprint density at radius 3 is 2.60 bits per heavy atom. The molecule has 0 aromatic heterocycles. The van der Waals surface area contributed by atoms with Crippen LogP contribution < -0.4 is 51.4 Å². The van der Waals surface area contributed by atoms with E-state index in [1.165, 1.54) is 32.1 Å². The van der Waals surface area contributed by atoms with Gasteiger partial charge in [-0.05, 0) is 49.4 Å². The molecule has 1 nitrogen and oxygen atoms in total. The molecule has 2 unspecified atom stereocenters. The molecule has 78 valence electrons. The Balaban J connectivity index is 0.000000853. The van der Waals surface area contributed by atoms with E-state index in [-0.39, 0.29) is 51.4 Å². The van der Waals surface area contributed by atoms with Crippen LogP contribution in [-0.2, 0) is 17.4 Å². The zero-order valence-electron chi connectivity index (χ0n) is 9.15. The second kappa shape index (κ2) is 5.17. The first-order chi connectivity index (χ1) is 6.75. The maximum atomic E-state index is 5.60. The molecule has 3 saturated carbocycles. The SMILES string of the molecule is S=C([S-])OC1C[C@H]2C[C@@H]1[C@@H]1CCCC21.[K+]. The summed E-state index contributed by atoms with van der Waals surface area (Å²) in [6.45, 7) is 0. The van der Waals surface area contributed by atoms with Gasteiger partial charge in [-0.15, -0.1) is 0 Å². The molecule has 0 aliphatic heterocycles. The van der Waals surface area contributed by atoms with Gasteiger partial charge in [0.15, 0.2) is 0 Å². The van der Waals surface area contributed by atoms with Crippen molar-refractivity contribution < 1.29 is 56.1 Å². The molecule has 0 spiro atoms. The third-order valence-electron chi connectivity index (χ3n) is 4.62. The van der Waals surface area contributed by atoms with E-state index in [0.717, 1.165) is 23.7 Å². The molecule has 0 radical (unpaired) electrons. The second-order valence-corrected chi connectivity index (χ2v) is 6.06. The van der Waals surface area contributed by atoms with Gasteiger partial charge in [0, 0.05) is 4.38 Å². The van der Waals surface area contributed by atoms with Crippen molar-refractivity contribution in [3.05, 3.63) is 0 Å². The van der Waals surface area contributed by atoms with E-state index in [2.05, 4.69) is 0 Å². The third-order valence-corrected chi connectivity index (χ3v) is 4.81. The summed E-state index contributed by atoms with van der Waals surface area (Å²) in [7, 11) is 0. The van der Waals surface area contributed by atoms with Crippen LogP contribution in [0.4, 0.5) is 0 Å². The topological polar surface area (TPSA) is 9.23 Å². The van der Waals surface area contributed by atoms with Crippen LogP contribution in [0.1, 0.15) is 32.1 Å². The van der Waals surface area contributed by atoms with Gasteiger partial charge in [0.25, 0.3) is 0 Å². The van der Waals surface area contributed by atoms with Crippen molar-refractivity contribution in [2.45, 2.75) is 38.2 Å². The van der Waals surface area contributed by atoms with Crippen LogP contribution in [0.15, 0.2) is 0 Å². The predicted octanol–water partition coefficient (Wildman–Crippen LogP) is -0.336. The summed E-state index contributed by atoms with van der Waals surface area (Å²) in [5, 5.41) is 0. The standard InChI is InChI=1S/C11H16OS2.K/c13-11(14)12-10-5-6-4-9(10)8-3-1-2-7(6)8;/h6-10H,1-5H2,(H,13,14);/q;+1/p-1/t6-,7?,8-,9-,10?;/m1./s1. The molecular weight excluding hydrogens is 251 g/mol. The molecule has 0 aromatic carbocycles.